The van der Waals surface area contributed by atoms with Crippen molar-refractivity contribution in [2.24, 2.45) is 0 Å². The van der Waals surface area contributed by atoms with E-state index in [1.54, 1.807) is 4.90 Å². The van der Waals surface area contributed by atoms with E-state index in [1.807, 2.05) is 0 Å². The van der Waals surface area contributed by atoms with Crippen LogP contribution in [0.25, 0.3) is 0 Å². The Kier molecular flexibility index (Phi) is 5.44. The summed E-state index contributed by atoms with van der Waals surface area (Å²) in [5.74, 6) is 0.0350. The fraction of sp³-hybridized carbons (Fsp3) is 0.857. The van der Waals surface area contributed by atoms with Gasteiger partial charge in [0.25, 0.3) is 0 Å². The normalized spacial score (nSPS) is 24.2. The molecule has 1 amide bonds. The van der Waals surface area contributed by atoms with Crippen molar-refractivity contribution in [1.29, 1.82) is 0 Å². The number of nitrogens with one attached hydrogen (secondary N) is 1. The van der Waals surface area contributed by atoms with Crippen molar-refractivity contribution in [3.8, 4) is 0 Å². The van der Waals surface area contributed by atoms with Gasteiger partial charge >= 0.3 is 0 Å². The van der Waals surface area contributed by atoms with Crippen LogP contribution in [0.3, 0.4) is 0 Å². The van der Waals surface area contributed by atoms with E-state index in [1.165, 1.54) is 6.92 Å². The van der Waals surface area contributed by atoms with Gasteiger partial charge in [-0.1, -0.05) is 0 Å². The summed E-state index contributed by atoms with van der Waals surface area (Å²) in [6.07, 6.45) is -0.415. The van der Waals surface area contributed by atoms with Gasteiger partial charge < -0.3 is 15.3 Å². The van der Waals surface area contributed by atoms with Gasteiger partial charge in [0, 0.05) is 33.1 Å². The first kappa shape index (κ1) is 11.9. The molecule has 1 rings (SSSR count). The minimum absolute atomic E-state index is 0. The lowest BCUT2D eigenvalue weighted by Gasteiger charge is -2.19. The topological polar surface area (TPSA) is 52.6 Å². The molecular weight excluding hydrogens is 224 g/mol. The van der Waals surface area contributed by atoms with Crippen molar-refractivity contribution in [3.05, 3.63) is 0 Å². The Hall–Kier alpha value is -0.130. The second kappa shape index (κ2) is 5.50. The Morgan fingerprint density at radius 1 is 1.67 bits per heavy atom. The van der Waals surface area contributed by atoms with Crippen LogP contribution in [0.5, 0.6) is 0 Å². The van der Waals surface area contributed by atoms with E-state index in [2.05, 4.69) is 5.32 Å². The van der Waals surface area contributed by atoms with Crippen molar-refractivity contribution in [2.45, 2.75) is 13.0 Å². The summed E-state index contributed by atoms with van der Waals surface area (Å²) in [4.78, 5) is 12.5. The highest BCUT2D eigenvalue weighted by atomic mass is 79.9. The average molecular weight is 239 g/mol. The van der Waals surface area contributed by atoms with Gasteiger partial charge in [0.1, 0.15) is 0 Å². The average Bonchev–Trinajstić information content (AvgIpc) is 2.13. The number of hydrogen-bond donors (Lipinski definition) is 2. The van der Waals surface area contributed by atoms with Crippen LogP contribution in [0.4, 0.5) is 0 Å². The number of rotatable bonds is 0. The summed E-state index contributed by atoms with van der Waals surface area (Å²) in [6.45, 7) is 4.05. The van der Waals surface area contributed by atoms with E-state index in [0.29, 0.717) is 19.6 Å². The zero-order valence-corrected chi connectivity index (χ0v) is 8.83. The fourth-order valence-corrected chi connectivity index (χ4v) is 1.18. The molecule has 0 aliphatic carbocycles. The second-order valence-electron chi connectivity index (χ2n) is 2.82. The number of carbonyl (C=O) groups excluding carboxylic acids is 1. The zero-order chi connectivity index (χ0) is 8.27. The van der Waals surface area contributed by atoms with Crippen LogP contribution in [-0.4, -0.2) is 48.2 Å². The molecule has 2 N–H and O–H groups in total. The molecule has 12 heavy (non-hydrogen) atoms. The number of halogens is 1. The third kappa shape index (κ3) is 3.51. The predicted octanol–water partition coefficient (Wildman–Crippen LogP) is -0.623. The number of amides is 1. The predicted molar refractivity (Wildman–Crippen MR) is 51.5 cm³/mol. The van der Waals surface area contributed by atoms with Crippen molar-refractivity contribution in [1.82, 2.24) is 10.2 Å². The van der Waals surface area contributed by atoms with Crippen molar-refractivity contribution in [3.63, 3.8) is 0 Å². The van der Waals surface area contributed by atoms with Gasteiger partial charge in [0.05, 0.1) is 6.10 Å². The molecule has 0 aromatic heterocycles. The van der Waals surface area contributed by atoms with Gasteiger partial charge in [-0.3, -0.25) is 4.79 Å². The standard InChI is InChI=1S/C7H14N2O2.BrH/c1-6(10)9-3-2-8-4-7(11)5-9;/h7-8,11H,2-5H2,1H3;1H. The molecule has 4 nitrogen and oxygen atoms in total. The molecule has 1 aliphatic rings. The monoisotopic (exact) mass is 238 g/mol. The Balaban J connectivity index is 0.00000121. The van der Waals surface area contributed by atoms with Gasteiger partial charge in [-0.15, -0.1) is 17.0 Å². The van der Waals surface area contributed by atoms with Crippen LogP contribution in [0, 0.1) is 0 Å². The minimum atomic E-state index is -0.415. The first-order valence-corrected chi connectivity index (χ1v) is 3.84. The summed E-state index contributed by atoms with van der Waals surface area (Å²) in [5.41, 5.74) is 0. The van der Waals surface area contributed by atoms with Crippen LogP contribution < -0.4 is 5.32 Å². The van der Waals surface area contributed by atoms with E-state index in [-0.39, 0.29) is 22.9 Å². The highest BCUT2D eigenvalue weighted by molar-refractivity contribution is 8.93. The molecule has 0 aromatic carbocycles. The molecule has 0 saturated carbocycles. The summed E-state index contributed by atoms with van der Waals surface area (Å²) in [6, 6.07) is 0. The smallest absolute Gasteiger partial charge is 0.219 e. The number of hydrogen-bond acceptors (Lipinski definition) is 3. The maximum absolute atomic E-state index is 10.9. The van der Waals surface area contributed by atoms with E-state index in [9.17, 15) is 9.90 Å². The molecule has 72 valence electrons. The molecule has 0 bridgehead atoms. The van der Waals surface area contributed by atoms with Crippen LogP contribution >= 0.6 is 17.0 Å². The molecule has 1 aliphatic heterocycles. The Morgan fingerprint density at radius 2 is 2.33 bits per heavy atom. The molecule has 5 heteroatoms. The zero-order valence-electron chi connectivity index (χ0n) is 7.12. The van der Waals surface area contributed by atoms with Crippen molar-refractivity contribution >= 4 is 22.9 Å². The van der Waals surface area contributed by atoms with Gasteiger partial charge in [0.2, 0.25) is 5.91 Å². The number of carbonyl (C=O) groups is 1. The lowest BCUT2D eigenvalue weighted by Crippen LogP contribution is -2.36. The lowest BCUT2D eigenvalue weighted by atomic mass is 10.3. The Bertz CT molecular complexity index is 154. The molecule has 0 spiro atoms. The third-order valence-electron chi connectivity index (χ3n) is 1.81. The van der Waals surface area contributed by atoms with Crippen LogP contribution in [0.2, 0.25) is 0 Å². The second-order valence-corrected chi connectivity index (χ2v) is 2.82. The molecule has 0 radical (unpaired) electrons. The molecule has 1 unspecified atom stereocenters. The van der Waals surface area contributed by atoms with E-state index < -0.39 is 6.10 Å². The Labute approximate surface area is 82.7 Å². The SMILES string of the molecule is Br.CC(=O)N1CCNCC(O)C1. The summed E-state index contributed by atoms with van der Waals surface area (Å²) in [7, 11) is 0. The van der Waals surface area contributed by atoms with Gasteiger partial charge in [-0.25, -0.2) is 0 Å². The molecule has 0 aromatic rings. The van der Waals surface area contributed by atoms with Gasteiger partial charge in [-0.05, 0) is 0 Å². The number of β-amino-alcohol motifs (C(OH)–C–C–N with tert-alkyl or cyclic N) is 1. The highest BCUT2D eigenvalue weighted by Crippen LogP contribution is 1.95. The fourth-order valence-electron chi connectivity index (χ4n) is 1.18. The lowest BCUT2D eigenvalue weighted by molar-refractivity contribution is -0.129. The first-order valence-electron chi connectivity index (χ1n) is 3.84. The van der Waals surface area contributed by atoms with Gasteiger partial charge in [0.15, 0.2) is 0 Å². The van der Waals surface area contributed by atoms with Gasteiger partial charge in [-0.2, -0.15) is 0 Å². The Morgan fingerprint density at radius 3 is 2.92 bits per heavy atom. The van der Waals surface area contributed by atoms with E-state index in [4.69, 9.17) is 0 Å². The van der Waals surface area contributed by atoms with Crippen LogP contribution in [-0.2, 0) is 4.79 Å². The highest BCUT2D eigenvalue weighted by Gasteiger charge is 2.16. The largest absolute Gasteiger partial charge is 0.390 e. The molecule has 1 saturated heterocycles. The molecular formula is C7H15BrN2O2. The maximum atomic E-state index is 10.9. The van der Waals surface area contributed by atoms with Crippen molar-refractivity contribution in [2.75, 3.05) is 26.2 Å². The quantitative estimate of drug-likeness (QED) is 0.592. The maximum Gasteiger partial charge on any atom is 0.219 e. The molecule has 1 heterocycles. The number of aliphatic hydroxyl groups excluding tert-OH is 1. The first-order chi connectivity index (χ1) is 5.20. The summed E-state index contributed by atoms with van der Waals surface area (Å²) < 4.78 is 0. The van der Waals surface area contributed by atoms with Crippen LogP contribution in [0.1, 0.15) is 6.92 Å². The van der Waals surface area contributed by atoms with E-state index >= 15 is 0 Å². The molecule has 1 atom stereocenters. The summed E-state index contributed by atoms with van der Waals surface area (Å²) >= 11 is 0. The minimum Gasteiger partial charge on any atom is -0.390 e. The van der Waals surface area contributed by atoms with Crippen LogP contribution in [0.15, 0.2) is 0 Å². The van der Waals surface area contributed by atoms with Crippen molar-refractivity contribution < 1.29 is 9.90 Å². The number of aliphatic hydroxyl groups is 1. The third-order valence-corrected chi connectivity index (χ3v) is 1.81. The number of nitrogens with zero attached hydrogens (tertiary/aromatic N) is 1. The van der Waals surface area contributed by atoms with E-state index in [0.717, 1.165) is 6.54 Å². The summed E-state index contributed by atoms with van der Waals surface area (Å²) in [5, 5.41) is 12.3. The molecule has 1 fully saturated rings.